The summed E-state index contributed by atoms with van der Waals surface area (Å²) in [5.74, 6) is -0.785. The number of rotatable bonds is 0. The van der Waals surface area contributed by atoms with Gasteiger partial charge in [-0.3, -0.25) is 9.59 Å². The quantitative estimate of drug-likeness (QED) is 0.784. The van der Waals surface area contributed by atoms with Crippen molar-refractivity contribution in [3.63, 3.8) is 0 Å². The summed E-state index contributed by atoms with van der Waals surface area (Å²) in [5.41, 5.74) is 3.20. The maximum atomic E-state index is 12.9. The van der Waals surface area contributed by atoms with Gasteiger partial charge in [0.1, 0.15) is 11.5 Å². The molecular formula is C19H14O4. The second-order valence-corrected chi connectivity index (χ2v) is 6.03. The third-order valence-corrected chi connectivity index (χ3v) is 4.55. The molecule has 4 rings (SSSR count). The van der Waals surface area contributed by atoms with Crippen molar-refractivity contribution < 1.29 is 19.8 Å². The van der Waals surface area contributed by atoms with Crippen molar-refractivity contribution in [1.82, 2.24) is 0 Å². The molecule has 0 heterocycles. The van der Waals surface area contributed by atoms with Gasteiger partial charge in [0.2, 0.25) is 0 Å². The molecule has 2 aromatic carbocycles. The number of hydrogen-bond acceptors (Lipinski definition) is 4. The van der Waals surface area contributed by atoms with E-state index < -0.39 is 0 Å². The summed E-state index contributed by atoms with van der Waals surface area (Å²) in [6.07, 6.45) is 1.02. The Morgan fingerprint density at radius 2 is 1.70 bits per heavy atom. The highest BCUT2D eigenvalue weighted by molar-refractivity contribution is 6.41. The van der Waals surface area contributed by atoms with E-state index in [-0.39, 0.29) is 39.8 Å². The minimum Gasteiger partial charge on any atom is -0.507 e. The van der Waals surface area contributed by atoms with Crippen LogP contribution in [-0.4, -0.2) is 21.8 Å². The highest BCUT2D eigenvalue weighted by Gasteiger charge is 2.38. The second kappa shape index (κ2) is 4.56. The highest BCUT2D eigenvalue weighted by atomic mass is 16.3. The van der Waals surface area contributed by atoms with Gasteiger partial charge in [-0.15, -0.1) is 0 Å². The maximum Gasteiger partial charge on any atom is 0.195 e. The van der Waals surface area contributed by atoms with E-state index >= 15 is 0 Å². The molecule has 23 heavy (non-hydrogen) atoms. The lowest BCUT2D eigenvalue weighted by atomic mass is 9.74. The van der Waals surface area contributed by atoms with E-state index in [9.17, 15) is 19.8 Å². The molecule has 2 aromatic rings. The van der Waals surface area contributed by atoms with Crippen molar-refractivity contribution in [2.24, 2.45) is 0 Å². The van der Waals surface area contributed by atoms with Gasteiger partial charge in [-0.25, -0.2) is 0 Å². The van der Waals surface area contributed by atoms with Crippen LogP contribution in [0.15, 0.2) is 35.9 Å². The summed E-state index contributed by atoms with van der Waals surface area (Å²) in [4.78, 5) is 25.7. The molecule has 4 nitrogen and oxygen atoms in total. The number of carbonyl (C=O) groups is 2. The van der Waals surface area contributed by atoms with E-state index in [1.807, 2.05) is 13.0 Å². The Bertz CT molecular complexity index is 935. The van der Waals surface area contributed by atoms with Crippen molar-refractivity contribution in [3.8, 4) is 11.5 Å². The van der Waals surface area contributed by atoms with Gasteiger partial charge in [0, 0.05) is 22.3 Å². The third-order valence-electron chi connectivity index (χ3n) is 4.55. The molecule has 0 aliphatic heterocycles. The van der Waals surface area contributed by atoms with E-state index in [1.54, 1.807) is 18.2 Å². The molecule has 2 aliphatic carbocycles. The smallest absolute Gasteiger partial charge is 0.195 e. The average Bonchev–Trinajstić information content (AvgIpc) is 2.51. The highest BCUT2D eigenvalue weighted by Crippen LogP contribution is 2.44. The fraction of sp³-hybridized carbons (Fsp3) is 0.158. The lowest BCUT2D eigenvalue weighted by molar-refractivity contribution is 0.0985. The van der Waals surface area contributed by atoms with E-state index in [0.29, 0.717) is 24.0 Å². The largest absolute Gasteiger partial charge is 0.507 e. The first kappa shape index (κ1) is 13.8. The molecule has 0 aromatic heterocycles. The Morgan fingerprint density at radius 3 is 2.48 bits per heavy atom. The number of fused-ring (bicyclic) bond motifs is 3. The van der Waals surface area contributed by atoms with Gasteiger partial charge in [-0.05, 0) is 43.0 Å². The second-order valence-electron chi connectivity index (χ2n) is 6.03. The first-order valence-corrected chi connectivity index (χ1v) is 7.46. The zero-order chi connectivity index (χ0) is 16.3. The van der Waals surface area contributed by atoms with Crippen molar-refractivity contribution in [1.29, 1.82) is 0 Å². The molecule has 0 atom stereocenters. The van der Waals surface area contributed by atoms with Gasteiger partial charge in [0.15, 0.2) is 11.6 Å². The molecule has 0 spiro atoms. The predicted molar refractivity (Wildman–Crippen MR) is 84.9 cm³/mol. The summed E-state index contributed by atoms with van der Waals surface area (Å²) in [6, 6.07) is 8.04. The van der Waals surface area contributed by atoms with Crippen LogP contribution in [0.1, 0.15) is 43.8 Å². The number of phenolic OH excluding ortho intramolecular Hbond substituents is 2. The Balaban J connectivity index is 2.04. The van der Waals surface area contributed by atoms with E-state index in [0.717, 1.165) is 11.1 Å². The van der Waals surface area contributed by atoms with E-state index in [2.05, 4.69) is 0 Å². The Morgan fingerprint density at radius 1 is 0.913 bits per heavy atom. The van der Waals surface area contributed by atoms with Crippen LogP contribution in [-0.2, 0) is 6.42 Å². The third kappa shape index (κ3) is 1.78. The topological polar surface area (TPSA) is 74.6 Å². The zero-order valence-electron chi connectivity index (χ0n) is 12.5. The Labute approximate surface area is 132 Å². The summed E-state index contributed by atoms with van der Waals surface area (Å²) in [6.45, 7) is 1.88. The number of aromatic hydroxyl groups is 2. The minimum absolute atomic E-state index is 0.0250. The Kier molecular flexibility index (Phi) is 2.73. The number of allylic oxidation sites excluding steroid dienone is 2. The van der Waals surface area contributed by atoms with Crippen LogP contribution in [0, 0.1) is 6.92 Å². The van der Waals surface area contributed by atoms with Crippen molar-refractivity contribution in [2.45, 2.75) is 19.8 Å². The van der Waals surface area contributed by atoms with Crippen LogP contribution in [0.5, 0.6) is 11.5 Å². The van der Waals surface area contributed by atoms with Gasteiger partial charge >= 0.3 is 0 Å². The summed E-state index contributed by atoms with van der Waals surface area (Å²) in [7, 11) is 0. The molecule has 0 unspecified atom stereocenters. The molecular weight excluding hydrogens is 292 g/mol. The standard InChI is InChI=1S/C19H14O4/c1-9-7-10-5-6-12-17(15(10)14(21)8-9)19(23)11-3-2-4-13(20)16(11)18(12)22/h2-4,7-8,20-21H,5-6H2,1H3. The fourth-order valence-electron chi connectivity index (χ4n) is 3.59. The van der Waals surface area contributed by atoms with Gasteiger partial charge in [-0.2, -0.15) is 0 Å². The molecule has 0 fully saturated rings. The molecule has 4 heteroatoms. The average molecular weight is 306 g/mol. The van der Waals surface area contributed by atoms with Crippen molar-refractivity contribution >= 4 is 17.1 Å². The number of aryl methyl sites for hydroxylation is 2. The van der Waals surface area contributed by atoms with Crippen LogP contribution < -0.4 is 0 Å². The van der Waals surface area contributed by atoms with Gasteiger partial charge in [0.25, 0.3) is 0 Å². The van der Waals surface area contributed by atoms with Crippen LogP contribution in [0.2, 0.25) is 0 Å². The number of ketones is 2. The van der Waals surface area contributed by atoms with Crippen molar-refractivity contribution in [2.75, 3.05) is 0 Å². The summed E-state index contributed by atoms with van der Waals surface area (Å²) in [5, 5.41) is 20.3. The van der Waals surface area contributed by atoms with Crippen LogP contribution in [0.4, 0.5) is 0 Å². The monoisotopic (exact) mass is 306 g/mol. The summed E-state index contributed by atoms with van der Waals surface area (Å²) >= 11 is 0. The van der Waals surface area contributed by atoms with E-state index in [4.69, 9.17) is 0 Å². The lowest BCUT2D eigenvalue weighted by Gasteiger charge is -2.27. The molecule has 0 radical (unpaired) electrons. The molecule has 2 aliphatic rings. The van der Waals surface area contributed by atoms with Gasteiger partial charge in [0.05, 0.1) is 5.56 Å². The number of benzene rings is 2. The van der Waals surface area contributed by atoms with Crippen LogP contribution in [0.3, 0.4) is 0 Å². The molecule has 0 bridgehead atoms. The lowest BCUT2D eigenvalue weighted by Crippen LogP contribution is -2.25. The first-order valence-electron chi connectivity index (χ1n) is 7.46. The van der Waals surface area contributed by atoms with Crippen molar-refractivity contribution in [3.05, 3.63) is 63.7 Å². The number of phenols is 2. The predicted octanol–water partition coefficient (Wildman–Crippen LogP) is 3.19. The summed E-state index contributed by atoms with van der Waals surface area (Å²) < 4.78 is 0. The molecule has 0 saturated heterocycles. The van der Waals surface area contributed by atoms with E-state index in [1.165, 1.54) is 6.07 Å². The maximum absolute atomic E-state index is 12.9. The molecule has 0 saturated carbocycles. The van der Waals surface area contributed by atoms with Gasteiger partial charge < -0.3 is 10.2 Å². The van der Waals surface area contributed by atoms with Gasteiger partial charge in [-0.1, -0.05) is 18.2 Å². The number of Topliss-reactive ketones (excluding diaryl/α,β-unsaturated/α-hetero) is 2. The number of carbonyl (C=O) groups excluding carboxylic acids is 2. The fourth-order valence-corrected chi connectivity index (χ4v) is 3.59. The zero-order valence-corrected chi connectivity index (χ0v) is 12.5. The number of hydrogen-bond donors (Lipinski definition) is 2. The molecule has 114 valence electrons. The van der Waals surface area contributed by atoms with Crippen LogP contribution >= 0.6 is 0 Å². The minimum atomic E-state index is -0.321. The van der Waals surface area contributed by atoms with Crippen LogP contribution in [0.25, 0.3) is 5.57 Å². The molecule has 0 amide bonds. The first-order chi connectivity index (χ1) is 11.0. The molecule has 2 N–H and O–H groups in total. The SMILES string of the molecule is Cc1cc(O)c2c(c1)CCC1=C2C(=O)c2cccc(O)c2C1=O. The normalized spacial score (nSPS) is 16.0. The Hall–Kier alpha value is -2.88.